The molecule has 0 amide bonds. The first-order valence-electron chi connectivity index (χ1n) is 7.83. The van der Waals surface area contributed by atoms with Gasteiger partial charge in [0.1, 0.15) is 0 Å². The van der Waals surface area contributed by atoms with Crippen molar-refractivity contribution in [1.82, 2.24) is 0 Å². The zero-order valence-electron chi connectivity index (χ0n) is 14.4. The second kappa shape index (κ2) is 7.61. The number of allylic oxidation sites excluding steroid dienone is 9. The normalized spacial score (nSPS) is 24.4. The first-order valence-corrected chi connectivity index (χ1v) is 7.83. The summed E-state index contributed by atoms with van der Waals surface area (Å²) in [6.07, 6.45) is 14.4. The Kier molecular flexibility index (Phi) is 6.42. The molecule has 0 aliphatic heterocycles. The number of rotatable bonds is 4. The molecule has 0 saturated heterocycles. The molecule has 0 aromatic rings. The van der Waals surface area contributed by atoms with E-state index in [9.17, 15) is 5.11 Å². The van der Waals surface area contributed by atoms with Crippen LogP contribution in [0.15, 0.2) is 58.7 Å². The van der Waals surface area contributed by atoms with E-state index in [1.54, 1.807) is 0 Å². The molecule has 1 aliphatic carbocycles. The topological polar surface area (TPSA) is 20.2 Å². The first kappa shape index (κ1) is 17.7. The lowest BCUT2D eigenvalue weighted by Gasteiger charge is -2.35. The van der Waals surface area contributed by atoms with Crippen molar-refractivity contribution >= 4 is 0 Å². The molecule has 1 heteroatoms. The molecular formula is C20H30O. The lowest BCUT2D eigenvalue weighted by atomic mass is 9.71. The molecular weight excluding hydrogens is 256 g/mol. The van der Waals surface area contributed by atoms with Gasteiger partial charge in [0.2, 0.25) is 0 Å². The molecule has 1 aliphatic rings. The third kappa shape index (κ3) is 5.17. The van der Waals surface area contributed by atoms with Gasteiger partial charge in [-0.15, -0.1) is 0 Å². The summed E-state index contributed by atoms with van der Waals surface area (Å²) in [5, 5.41) is 10.1. The molecule has 0 saturated carbocycles. The highest BCUT2D eigenvalue weighted by Crippen LogP contribution is 2.40. The van der Waals surface area contributed by atoms with Gasteiger partial charge in [-0.2, -0.15) is 0 Å². The molecule has 0 spiro atoms. The summed E-state index contributed by atoms with van der Waals surface area (Å²) in [6, 6.07) is 0. The number of hydrogen-bond donors (Lipinski definition) is 1. The maximum absolute atomic E-state index is 10.1. The average Bonchev–Trinajstić information content (AvgIpc) is 2.43. The molecule has 0 heterocycles. The molecule has 1 atom stereocenters. The Hall–Kier alpha value is -1.34. The molecule has 116 valence electrons. The van der Waals surface area contributed by atoms with E-state index in [-0.39, 0.29) is 11.5 Å². The van der Waals surface area contributed by atoms with Gasteiger partial charge in [-0.05, 0) is 57.1 Å². The maximum Gasteiger partial charge on any atom is 0.0753 e. The second-order valence-electron chi connectivity index (χ2n) is 6.67. The molecule has 0 aromatic carbocycles. The highest BCUT2D eigenvalue weighted by molar-refractivity contribution is 5.38. The van der Waals surface area contributed by atoms with Crippen LogP contribution in [0.2, 0.25) is 0 Å². The summed E-state index contributed by atoms with van der Waals surface area (Å²) in [5.74, 6) is 0. The van der Waals surface area contributed by atoms with Crippen molar-refractivity contribution in [2.24, 2.45) is 5.41 Å². The van der Waals surface area contributed by atoms with Gasteiger partial charge < -0.3 is 5.11 Å². The quantitative estimate of drug-likeness (QED) is 0.676. The summed E-state index contributed by atoms with van der Waals surface area (Å²) in [7, 11) is 0. The fourth-order valence-electron chi connectivity index (χ4n) is 2.64. The van der Waals surface area contributed by atoms with Gasteiger partial charge in [-0.25, -0.2) is 0 Å². The van der Waals surface area contributed by atoms with Crippen LogP contribution in [0, 0.1) is 5.41 Å². The van der Waals surface area contributed by atoms with Crippen molar-refractivity contribution in [3.8, 4) is 0 Å². The van der Waals surface area contributed by atoms with Crippen LogP contribution in [0.1, 0.15) is 54.4 Å². The van der Waals surface area contributed by atoms with E-state index in [1.165, 1.54) is 16.7 Å². The van der Waals surface area contributed by atoms with Crippen molar-refractivity contribution in [2.45, 2.75) is 60.5 Å². The van der Waals surface area contributed by atoms with Crippen molar-refractivity contribution in [1.29, 1.82) is 0 Å². The van der Waals surface area contributed by atoms with Gasteiger partial charge in [0.15, 0.2) is 0 Å². The van der Waals surface area contributed by atoms with Gasteiger partial charge in [-0.1, -0.05) is 61.4 Å². The van der Waals surface area contributed by atoms with E-state index in [0.29, 0.717) is 0 Å². The van der Waals surface area contributed by atoms with Crippen molar-refractivity contribution < 1.29 is 5.11 Å². The molecule has 1 unspecified atom stereocenters. The molecule has 0 radical (unpaired) electrons. The Bertz CT molecular complexity index is 510. The van der Waals surface area contributed by atoms with Crippen LogP contribution in [-0.4, -0.2) is 11.2 Å². The van der Waals surface area contributed by atoms with Gasteiger partial charge in [0.25, 0.3) is 0 Å². The van der Waals surface area contributed by atoms with Gasteiger partial charge in [0, 0.05) is 0 Å². The van der Waals surface area contributed by atoms with Crippen LogP contribution in [0.25, 0.3) is 0 Å². The molecule has 21 heavy (non-hydrogen) atoms. The van der Waals surface area contributed by atoms with E-state index < -0.39 is 0 Å². The van der Waals surface area contributed by atoms with Gasteiger partial charge in [-0.3, -0.25) is 0 Å². The lowest BCUT2D eigenvalue weighted by Crippen LogP contribution is -2.27. The maximum atomic E-state index is 10.1. The standard InChI is InChI=1S/C20H30O/c1-7-15(2)9-8-10-16(3)11-12-18-17(4)19(21)13-14-20(18,5)6/h7-12,19,21H,13-14H2,1-6H3. The number of hydrogen-bond acceptors (Lipinski definition) is 1. The van der Waals surface area contributed by atoms with Crippen LogP contribution < -0.4 is 0 Å². The minimum absolute atomic E-state index is 0.150. The van der Waals surface area contributed by atoms with E-state index in [1.807, 2.05) is 6.92 Å². The Labute approximate surface area is 130 Å². The van der Waals surface area contributed by atoms with E-state index >= 15 is 0 Å². The van der Waals surface area contributed by atoms with E-state index in [2.05, 4.69) is 71.1 Å². The Morgan fingerprint density at radius 3 is 2.48 bits per heavy atom. The zero-order valence-corrected chi connectivity index (χ0v) is 14.4. The zero-order chi connectivity index (χ0) is 16.0. The van der Waals surface area contributed by atoms with Crippen LogP contribution in [-0.2, 0) is 0 Å². The third-order valence-corrected chi connectivity index (χ3v) is 4.38. The van der Waals surface area contributed by atoms with Gasteiger partial charge in [0.05, 0.1) is 6.10 Å². The molecule has 1 rings (SSSR count). The molecule has 0 aromatic heterocycles. The average molecular weight is 286 g/mol. The Morgan fingerprint density at radius 1 is 1.19 bits per heavy atom. The molecule has 0 bridgehead atoms. The highest BCUT2D eigenvalue weighted by atomic mass is 16.3. The van der Waals surface area contributed by atoms with Crippen LogP contribution in [0.4, 0.5) is 0 Å². The minimum atomic E-state index is -0.279. The van der Waals surface area contributed by atoms with Crippen LogP contribution in [0.5, 0.6) is 0 Å². The molecule has 1 N–H and O–H groups in total. The predicted molar refractivity (Wildman–Crippen MR) is 93.2 cm³/mol. The fraction of sp³-hybridized carbons (Fsp3) is 0.500. The van der Waals surface area contributed by atoms with Crippen molar-refractivity contribution in [3.05, 3.63) is 58.7 Å². The van der Waals surface area contributed by atoms with Crippen LogP contribution in [0.3, 0.4) is 0 Å². The number of aliphatic hydroxyl groups excluding tert-OH is 1. The van der Waals surface area contributed by atoms with Crippen LogP contribution >= 0.6 is 0 Å². The summed E-state index contributed by atoms with van der Waals surface area (Å²) < 4.78 is 0. The smallest absolute Gasteiger partial charge is 0.0753 e. The molecule has 0 fully saturated rings. The first-order chi connectivity index (χ1) is 9.77. The molecule has 1 nitrogen and oxygen atoms in total. The van der Waals surface area contributed by atoms with Gasteiger partial charge >= 0.3 is 0 Å². The second-order valence-corrected chi connectivity index (χ2v) is 6.67. The highest BCUT2D eigenvalue weighted by Gasteiger charge is 2.30. The van der Waals surface area contributed by atoms with E-state index in [4.69, 9.17) is 0 Å². The van der Waals surface area contributed by atoms with Crippen molar-refractivity contribution in [3.63, 3.8) is 0 Å². The third-order valence-electron chi connectivity index (χ3n) is 4.38. The Morgan fingerprint density at radius 2 is 1.86 bits per heavy atom. The monoisotopic (exact) mass is 286 g/mol. The summed E-state index contributed by atoms with van der Waals surface area (Å²) in [6.45, 7) is 12.8. The minimum Gasteiger partial charge on any atom is -0.389 e. The van der Waals surface area contributed by atoms with E-state index in [0.717, 1.165) is 18.4 Å². The lowest BCUT2D eigenvalue weighted by molar-refractivity contribution is 0.163. The number of aliphatic hydroxyl groups is 1. The summed E-state index contributed by atoms with van der Waals surface area (Å²) in [5.41, 5.74) is 5.03. The van der Waals surface area contributed by atoms with Crippen molar-refractivity contribution in [2.75, 3.05) is 0 Å². The predicted octanol–water partition coefficient (Wildman–Crippen LogP) is 5.51. The fourth-order valence-corrected chi connectivity index (χ4v) is 2.64. The largest absolute Gasteiger partial charge is 0.389 e. The summed E-state index contributed by atoms with van der Waals surface area (Å²) >= 11 is 0. The SMILES string of the molecule is CC=C(C)C=CC=C(C)C=CC1=C(C)C(O)CCC1(C)C. The summed E-state index contributed by atoms with van der Waals surface area (Å²) in [4.78, 5) is 0. The Balaban J connectivity index is 2.90.